The van der Waals surface area contributed by atoms with Gasteiger partial charge in [0.1, 0.15) is 0 Å². The van der Waals surface area contributed by atoms with E-state index in [1.807, 2.05) is 0 Å². The fourth-order valence-corrected chi connectivity index (χ4v) is 0.292. The summed E-state index contributed by atoms with van der Waals surface area (Å²) in [5, 5.41) is 16.0. The molecule has 52 valence electrons. The van der Waals surface area contributed by atoms with Gasteiger partial charge in [-0.2, -0.15) is 5.26 Å². The molecule has 0 spiro atoms. The SMILES string of the molecule is CC(=CCO)C(=O)OO. The van der Waals surface area contributed by atoms with Gasteiger partial charge in [-0.15, -0.1) is 0 Å². The third-order valence-electron chi connectivity index (χ3n) is 0.802. The molecule has 0 aromatic rings. The molecular weight excluding hydrogens is 124 g/mol. The Morgan fingerprint density at radius 2 is 2.33 bits per heavy atom. The normalized spacial score (nSPS) is 11.2. The number of carbonyl (C=O) groups excluding carboxylic acids is 1. The molecule has 0 rings (SSSR count). The van der Waals surface area contributed by atoms with E-state index in [4.69, 9.17) is 10.4 Å². The molecule has 2 N–H and O–H groups in total. The van der Waals surface area contributed by atoms with Gasteiger partial charge in [0.15, 0.2) is 0 Å². The lowest BCUT2D eigenvalue weighted by atomic mass is 10.3. The first-order chi connectivity index (χ1) is 4.22. The summed E-state index contributed by atoms with van der Waals surface area (Å²) in [6.45, 7) is 1.19. The van der Waals surface area contributed by atoms with E-state index in [9.17, 15) is 4.79 Å². The van der Waals surface area contributed by atoms with E-state index >= 15 is 0 Å². The molecule has 0 heterocycles. The topological polar surface area (TPSA) is 66.8 Å². The summed E-state index contributed by atoms with van der Waals surface area (Å²) in [5.41, 5.74) is 0.181. The van der Waals surface area contributed by atoms with E-state index in [1.165, 1.54) is 13.0 Å². The van der Waals surface area contributed by atoms with E-state index in [2.05, 4.69) is 4.89 Å². The second kappa shape index (κ2) is 4.05. The molecule has 0 aromatic heterocycles. The number of hydrogen-bond acceptors (Lipinski definition) is 4. The van der Waals surface area contributed by atoms with E-state index in [0.29, 0.717) is 0 Å². The van der Waals surface area contributed by atoms with Crippen molar-refractivity contribution in [3.05, 3.63) is 11.6 Å². The first kappa shape index (κ1) is 8.13. The molecule has 0 aliphatic carbocycles. The molecule has 4 heteroatoms. The van der Waals surface area contributed by atoms with Crippen molar-refractivity contribution in [1.29, 1.82) is 0 Å². The average Bonchev–Trinajstić information content (AvgIpc) is 1.87. The van der Waals surface area contributed by atoms with Crippen molar-refractivity contribution in [2.75, 3.05) is 6.61 Å². The fourth-order valence-electron chi connectivity index (χ4n) is 0.292. The van der Waals surface area contributed by atoms with Gasteiger partial charge in [0, 0.05) is 5.57 Å². The van der Waals surface area contributed by atoms with Crippen LogP contribution in [0.3, 0.4) is 0 Å². The first-order valence-corrected chi connectivity index (χ1v) is 2.35. The Hall–Kier alpha value is -0.870. The van der Waals surface area contributed by atoms with Crippen molar-refractivity contribution >= 4 is 5.97 Å². The maximum Gasteiger partial charge on any atom is 0.368 e. The third-order valence-corrected chi connectivity index (χ3v) is 0.802. The van der Waals surface area contributed by atoms with Crippen LogP contribution in [0, 0.1) is 0 Å². The summed E-state index contributed by atoms with van der Waals surface area (Å²) in [7, 11) is 0. The summed E-state index contributed by atoms with van der Waals surface area (Å²) >= 11 is 0. The van der Waals surface area contributed by atoms with Gasteiger partial charge in [-0.25, -0.2) is 4.79 Å². The Balaban J connectivity index is 3.86. The second-order valence-electron chi connectivity index (χ2n) is 1.45. The van der Waals surface area contributed by atoms with E-state index in [0.717, 1.165) is 0 Å². The number of carbonyl (C=O) groups is 1. The molecule has 0 saturated carbocycles. The van der Waals surface area contributed by atoms with Crippen LogP contribution in [0.15, 0.2) is 11.6 Å². The molecule has 0 radical (unpaired) electrons. The zero-order valence-electron chi connectivity index (χ0n) is 5.00. The lowest BCUT2D eigenvalue weighted by molar-refractivity contribution is -0.229. The molecule has 0 atom stereocenters. The quantitative estimate of drug-likeness (QED) is 0.314. The second-order valence-corrected chi connectivity index (χ2v) is 1.45. The molecule has 0 aliphatic heterocycles. The van der Waals surface area contributed by atoms with E-state index in [-0.39, 0.29) is 12.2 Å². The molecule has 0 saturated heterocycles. The zero-order valence-corrected chi connectivity index (χ0v) is 5.00. The maximum atomic E-state index is 10.3. The minimum absolute atomic E-state index is 0.181. The Kier molecular flexibility index (Phi) is 3.66. The standard InChI is InChI=1S/C5H8O4/c1-4(2-3-6)5(7)9-8/h2,6,8H,3H2,1H3. The highest BCUT2D eigenvalue weighted by atomic mass is 17.1. The summed E-state index contributed by atoms with van der Waals surface area (Å²) in [5.74, 6) is -0.843. The van der Waals surface area contributed by atoms with Crippen molar-refractivity contribution in [3.63, 3.8) is 0 Å². The molecule has 0 amide bonds. The van der Waals surface area contributed by atoms with Crippen LogP contribution in [0.4, 0.5) is 0 Å². The maximum absolute atomic E-state index is 10.3. The fraction of sp³-hybridized carbons (Fsp3) is 0.400. The van der Waals surface area contributed by atoms with Gasteiger partial charge >= 0.3 is 5.97 Å². The van der Waals surface area contributed by atoms with Crippen LogP contribution in [0.25, 0.3) is 0 Å². The highest BCUT2D eigenvalue weighted by Gasteiger charge is 2.02. The van der Waals surface area contributed by atoms with Gasteiger partial charge in [-0.1, -0.05) is 0 Å². The molecule has 0 aromatic carbocycles. The number of aliphatic hydroxyl groups excluding tert-OH is 1. The van der Waals surface area contributed by atoms with Crippen LogP contribution in [0.1, 0.15) is 6.92 Å². The van der Waals surface area contributed by atoms with Crippen molar-refractivity contribution in [1.82, 2.24) is 0 Å². The van der Waals surface area contributed by atoms with E-state index in [1.54, 1.807) is 0 Å². The van der Waals surface area contributed by atoms with Gasteiger partial charge in [0.2, 0.25) is 0 Å². The summed E-state index contributed by atoms with van der Waals surface area (Å²) in [6.07, 6.45) is 1.23. The van der Waals surface area contributed by atoms with Crippen molar-refractivity contribution in [2.24, 2.45) is 0 Å². The average molecular weight is 132 g/mol. The molecule has 0 fully saturated rings. The van der Waals surface area contributed by atoms with Crippen LogP contribution in [-0.2, 0) is 9.68 Å². The third kappa shape index (κ3) is 2.84. The van der Waals surface area contributed by atoms with Crippen molar-refractivity contribution in [3.8, 4) is 0 Å². The molecule has 0 bridgehead atoms. The minimum Gasteiger partial charge on any atom is -0.392 e. The monoisotopic (exact) mass is 132 g/mol. The number of aliphatic hydroxyl groups is 1. The van der Waals surface area contributed by atoms with Gasteiger partial charge < -0.3 is 5.11 Å². The zero-order chi connectivity index (χ0) is 7.28. The lowest BCUT2D eigenvalue weighted by Crippen LogP contribution is -2.02. The minimum atomic E-state index is -0.843. The summed E-state index contributed by atoms with van der Waals surface area (Å²) in [6, 6.07) is 0. The predicted octanol–water partition coefficient (Wildman–Crippen LogP) is -0.0588. The van der Waals surface area contributed by atoms with Gasteiger partial charge in [0.25, 0.3) is 0 Å². The van der Waals surface area contributed by atoms with Gasteiger partial charge in [-0.05, 0) is 13.0 Å². The summed E-state index contributed by atoms with van der Waals surface area (Å²) < 4.78 is 0. The van der Waals surface area contributed by atoms with Crippen molar-refractivity contribution < 1.29 is 20.0 Å². The Morgan fingerprint density at radius 1 is 1.78 bits per heavy atom. The van der Waals surface area contributed by atoms with Crippen LogP contribution in [0.2, 0.25) is 0 Å². The molecule has 0 unspecified atom stereocenters. The smallest absolute Gasteiger partial charge is 0.368 e. The highest BCUT2D eigenvalue weighted by Crippen LogP contribution is 1.92. The Labute approximate surface area is 52.3 Å². The molecular formula is C5H8O4. The van der Waals surface area contributed by atoms with Crippen LogP contribution in [-0.4, -0.2) is 22.9 Å². The highest BCUT2D eigenvalue weighted by molar-refractivity contribution is 5.87. The van der Waals surface area contributed by atoms with Crippen molar-refractivity contribution in [2.45, 2.75) is 6.92 Å². The number of hydrogen-bond donors (Lipinski definition) is 2. The Morgan fingerprint density at radius 3 is 2.67 bits per heavy atom. The molecule has 4 nitrogen and oxygen atoms in total. The Bertz CT molecular complexity index is 127. The lowest BCUT2D eigenvalue weighted by Gasteiger charge is -1.92. The first-order valence-electron chi connectivity index (χ1n) is 2.35. The summed E-state index contributed by atoms with van der Waals surface area (Å²) in [4.78, 5) is 13.6. The molecule has 9 heavy (non-hydrogen) atoms. The van der Waals surface area contributed by atoms with Gasteiger partial charge in [0.05, 0.1) is 6.61 Å². The van der Waals surface area contributed by atoms with E-state index < -0.39 is 5.97 Å². The number of rotatable bonds is 2. The predicted molar refractivity (Wildman–Crippen MR) is 29.6 cm³/mol. The van der Waals surface area contributed by atoms with Gasteiger partial charge in [-0.3, -0.25) is 4.89 Å². The largest absolute Gasteiger partial charge is 0.392 e. The molecule has 0 aliphatic rings. The van der Waals surface area contributed by atoms with Crippen LogP contribution in [0.5, 0.6) is 0 Å². The van der Waals surface area contributed by atoms with Crippen LogP contribution < -0.4 is 0 Å². The van der Waals surface area contributed by atoms with Crippen LogP contribution >= 0.6 is 0 Å².